The highest BCUT2D eigenvalue weighted by molar-refractivity contribution is 7.17. The Kier molecular flexibility index (Phi) is 2.44. The number of amides is 1. The molecule has 0 atom stereocenters. The van der Waals surface area contributed by atoms with Crippen LogP contribution in [0, 0.1) is 5.82 Å². The summed E-state index contributed by atoms with van der Waals surface area (Å²) in [4.78, 5) is 13.4. The van der Waals surface area contributed by atoms with Crippen molar-refractivity contribution in [1.29, 1.82) is 0 Å². The lowest BCUT2D eigenvalue weighted by Crippen LogP contribution is -2.30. The average molecular weight is 247 g/mol. The summed E-state index contributed by atoms with van der Waals surface area (Å²) in [5.74, 6) is -0.238. The molecule has 2 aromatic rings. The molecule has 0 fully saturated rings. The molecule has 1 N–H and O–H groups in total. The standard InChI is InChI=1S/C13H10FNOS/c14-10-3-1-8(2-4-10)11-7-9-5-6-15-13(16)12(9)17-11/h1-4,7H,5-6H2,(H,15,16). The van der Waals surface area contributed by atoms with E-state index in [-0.39, 0.29) is 11.7 Å². The van der Waals surface area contributed by atoms with E-state index in [0.717, 1.165) is 27.3 Å². The van der Waals surface area contributed by atoms with E-state index in [1.165, 1.54) is 23.5 Å². The van der Waals surface area contributed by atoms with E-state index in [0.29, 0.717) is 6.54 Å². The molecule has 4 heteroatoms. The average Bonchev–Trinajstić information content (AvgIpc) is 2.75. The number of rotatable bonds is 1. The van der Waals surface area contributed by atoms with Crippen LogP contribution in [-0.4, -0.2) is 12.5 Å². The summed E-state index contributed by atoms with van der Waals surface area (Å²) in [6.45, 7) is 0.700. The smallest absolute Gasteiger partial charge is 0.261 e. The molecular formula is C13H10FNOS. The van der Waals surface area contributed by atoms with Crippen LogP contribution in [0.2, 0.25) is 0 Å². The van der Waals surface area contributed by atoms with Crippen molar-refractivity contribution in [3.8, 4) is 10.4 Å². The van der Waals surface area contributed by atoms with Crippen LogP contribution >= 0.6 is 11.3 Å². The van der Waals surface area contributed by atoms with Gasteiger partial charge in [-0.25, -0.2) is 4.39 Å². The molecule has 0 saturated heterocycles. The molecule has 17 heavy (non-hydrogen) atoms. The first kappa shape index (κ1) is 10.5. The van der Waals surface area contributed by atoms with Gasteiger partial charge in [-0.1, -0.05) is 12.1 Å². The van der Waals surface area contributed by atoms with Crippen molar-refractivity contribution >= 4 is 17.2 Å². The molecule has 0 radical (unpaired) electrons. The summed E-state index contributed by atoms with van der Waals surface area (Å²) in [7, 11) is 0. The first-order valence-corrected chi connectivity index (χ1v) is 6.22. The predicted octanol–water partition coefficient (Wildman–Crippen LogP) is 2.84. The molecule has 2 heterocycles. The largest absolute Gasteiger partial charge is 0.351 e. The zero-order chi connectivity index (χ0) is 11.8. The quantitative estimate of drug-likeness (QED) is 0.825. The lowest BCUT2D eigenvalue weighted by atomic mass is 10.1. The molecule has 0 unspecified atom stereocenters. The Morgan fingerprint density at radius 2 is 2.00 bits per heavy atom. The predicted molar refractivity (Wildman–Crippen MR) is 65.8 cm³/mol. The molecule has 0 aliphatic carbocycles. The SMILES string of the molecule is O=C1NCCc2cc(-c3ccc(F)cc3)sc21. The lowest BCUT2D eigenvalue weighted by Gasteiger charge is -2.10. The third kappa shape index (κ3) is 1.85. The fourth-order valence-electron chi connectivity index (χ4n) is 1.95. The van der Waals surface area contributed by atoms with E-state index in [4.69, 9.17) is 0 Å². The Bertz CT molecular complexity index is 574. The molecule has 1 amide bonds. The number of nitrogens with one attached hydrogen (secondary N) is 1. The van der Waals surface area contributed by atoms with Crippen molar-refractivity contribution in [2.45, 2.75) is 6.42 Å². The molecule has 0 saturated carbocycles. The lowest BCUT2D eigenvalue weighted by molar-refractivity contribution is 0.0950. The van der Waals surface area contributed by atoms with Crippen LogP contribution in [-0.2, 0) is 6.42 Å². The molecule has 1 aliphatic heterocycles. The van der Waals surface area contributed by atoms with Gasteiger partial charge in [-0.15, -0.1) is 11.3 Å². The van der Waals surface area contributed by atoms with Crippen LogP contribution in [0.4, 0.5) is 4.39 Å². The van der Waals surface area contributed by atoms with Crippen LogP contribution in [0.25, 0.3) is 10.4 Å². The molecule has 2 nitrogen and oxygen atoms in total. The van der Waals surface area contributed by atoms with Gasteiger partial charge in [0.15, 0.2) is 0 Å². The van der Waals surface area contributed by atoms with Gasteiger partial charge in [0, 0.05) is 11.4 Å². The van der Waals surface area contributed by atoms with Gasteiger partial charge >= 0.3 is 0 Å². The zero-order valence-electron chi connectivity index (χ0n) is 9.00. The Balaban J connectivity index is 2.05. The fraction of sp³-hybridized carbons (Fsp3) is 0.154. The van der Waals surface area contributed by atoms with Gasteiger partial charge in [-0.2, -0.15) is 0 Å². The van der Waals surface area contributed by atoms with Crippen LogP contribution in [0.1, 0.15) is 15.2 Å². The summed E-state index contributed by atoms with van der Waals surface area (Å²) in [5.41, 5.74) is 2.05. The van der Waals surface area contributed by atoms with Gasteiger partial charge in [0.2, 0.25) is 0 Å². The number of hydrogen-bond acceptors (Lipinski definition) is 2. The topological polar surface area (TPSA) is 29.1 Å². The van der Waals surface area contributed by atoms with Crippen LogP contribution in [0.15, 0.2) is 30.3 Å². The molecule has 1 aromatic carbocycles. The van der Waals surface area contributed by atoms with E-state index < -0.39 is 0 Å². The molecule has 3 rings (SSSR count). The summed E-state index contributed by atoms with van der Waals surface area (Å²) in [5, 5.41) is 2.82. The number of carbonyl (C=O) groups is 1. The second-order valence-corrected chi connectivity index (χ2v) is 5.03. The maximum atomic E-state index is 12.8. The van der Waals surface area contributed by atoms with Gasteiger partial charge in [-0.3, -0.25) is 4.79 Å². The molecule has 1 aliphatic rings. The normalized spacial score (nSPS) is 14.3. The van der Waals surface area contributed by atoms with Gasteiger partial charge in [0.25, 0.3) is 5.91 Å². The first-order chi connectivity index (χ1) is 8.24. The molecule has 86 valence electrons. The number of fused-ring (bicyclic) bond motifs is 1. The maximum Gasteiger partial charge on any atom is 0.261 e. The van der Waals surface area contributed by atoms with Gasteiger partial charge < -0.3 is 5.32 Å². The van der Waals surface area contributed by atoms with Gasteiger partial charge in [0.05, 0.1) is 4.88 Å². The molecule has 0 spiro atoms. The second-order valence-electron chi connectivity index (χ2n) is 3.98. The van der Waals surface area contributed by atoms with Gasteiger partial charge in [0.1, 0.15) is 5.82 Å². The minimum atomic E-state index is -0.243. The molecule has 0 bridgehead atoms. The number of benzene rings is 1. The highest BCUT2D eigenvalue weighted by Crippen LogP contribution is 2.33. The summed E-state index contributed by atoms with van der Waals surface area (Å²) in [6.07, 6.45) is 0.874. The monoisotopic (exact) mass is 247 g/mol. The third-order valence-corrected chi connectivity index (χ3v) is 4.05. The minimum absolute atomic E-state index is 0.00427. The van der Waals surface area contributed by atoms with E-state index >= 15 is 0 Å². The second kappa shape index (κ2) is 3.96. The van der Waals surface area contributed by atoms with Crippen molar-refractivity contribution in [2.24, 2.45) is 0 Å². The Labute approximate surface area is 102 Å². The van der Waals surface area contributed by atoms with E-state index in [2.05, 4.69) is 5.32 Å². The maximum absolute atomic E-state index is 12.8. The van der Waals surface area contributed by atoms with E-state index in [9.17, 15) is 9.18 Å². The van der Waals surface area contributed by atoms with Crippen LogP contribution < -0.4 is 5.32 Å². The first-order valence-electron chi connectivity index (χ1n) is 5.41. The number of carbonyl (C=O) groups excluding carboxylic acids is 1. The van der Waals surface area contributed by atoms with Gasteiger partial charge in [-0.05, 0) is 35.7 Å². The van der Waals surface area contributed by atoms with Crippen molar-refractivity contribution in [2.75, 3.05) is 6.54 Å². The molecular weight excluding hydrogens is 237 g/mol. The Morgan fingerprint density at radius 1 is 1.24 bits per heavy atom. The summed E-state index contributed by atoms with van der Waals surface area (Å²) < 4.78 is 12.8. The van der Waals surface area contributed by atoms with Crippen molar-refractivity contribution in [3.05, 3.63) is 46.6 Å². The van der Waals surface area contributed by atoms with Crippen molar-refractivity contribution in [1.82, 2.24) is 5.32 Å². The van der Waals surface area contributed by atoms with E-state index in [1.54, 1.807) is 12.1 Å². The Hall–Kier alpha value is -1.68. The number of halogens is 1. The Morgan fingerprint density at radius 3 is 2.71 bits per heavy atom. The molecule has 1 aromatic heterocycles. The zero-order valence-corrected chi connectivity index (χ0v) is 9.81. The highest BCUT2D eigenvalue weighted by atomic mass is 32.1. The van der Waals surface area contributed by atoms with E-state index in [1.807, 2.05) is 6.07 Å². The summed E-state index contributed by atoms with van der Waals surface area (Å²) >= 11 is 1.47. The highest BCUT2D eigenvalue weighted by Gasteiger charge is 2.20. The van der Waals surface area contributed by atoms with Crippen molar-refractivity contribution in [3.63, 3.8) is 0 Å². The number of hydrogen-bond donors (Lipinski definition) is 1. The minimum Gasteiger partial charge on any atom is -0.351 e. The van der Waals surface area contributed by atoms with Crippen LogP contribution in [0.3, 0.4) is 0 Å². The number of thiophene rings is 1. The third-order valence-electron chi connectivity index (χ3n) is 2.82. The fourth-order valence-corrected chi connectivity index (χ4v) is 3.09. The van der Waals surface area contributed by atoms with Crippen LogP contribution in [0.5, 0.6) is 0 Å². The van der Waals surface area contributed by atoms with Crippen molar-refractivity contribution < 1.29 is 9.18 Å². The summed E-state index contributed by atoms with van der Waals surface area (Å²) in [6, 6.07) is 8.39.